The van der Waals surface area contributed by atoms with Crippen LogP contribution in [0.25, 0.3) is 0 Å². The van der Waals surface area contributed by atoms with Crippen LogP contribution >= 0.6 is 0 Å². The van der Waals surface area contributed by atoms with Crippen molar-refractivity contribution in [1.29, 1.82) is 5.26 Å². The second kappa shape index (κ2) is 11.2. The number of carbonyl (C=O) groups is 1. The lowest BCUT2D eigenvalue weighted by Crippen LogP contribution is -2.26. The van der Waals surface area contributed by atoms with Gasteiger partial charge in [-0.25, -0.2) is 0 Å². The van der Waals surface area contributed by atoms with Crippen LogP contribution in [0.4, 0.5) is 18.9 Å². The van der Waals surface area contributed by atoms with E-state index in [2.05, 4.69) is 17.6 Å². The molecule has 0 radical (unpaired) electrons. The van der Waals surface area contributed by atoms with Gasteiger partial charge in [0.1, 0.15) is 11.6 Å². The highest BCUT2D eigenvalue weighted by atomic mass is 19.4. The molecule has 1 amide bonds. The van der Waals surface area contributed by atoms with Crippen LogP contribution in [0.1, 0.15) is 31.7 Å². The van der Waals surface area contributed by atoms with Crippen LogP contribution in [0, 0.1) is 11.3 Å². The number of nitrogens with zero attached hydrogens (tertiary/aromatic N) is 1. The van der Waals surface area contributed by atoms with Crippen molar-refractivity contribution in [3.05, 3.63) is 41.6 Å². The van der Waals surface area contributed by atoms with Crippen LogP contribution in [0.15, 0.2) is 36.0 Å². The molecule has 2 N–H and O–H groups in total. The Labute approximate surface area is 150 Å². The second-order valence-corrected chi connectivity index (χ2v) is 5.43. The summed E-state index contributed by atoms with van der Waals surface area (Å²) in [4.78, 5) is 11.9. The number of halogens is 3. The Balaban J connectivity index is 2.56. The maximum absolute atomic E-state index is 12.9. The number of hydrogen-bond donors (Lipinski definition) is 2. The van der Waals surface area contributed by atoms with E-state index in [0.717, 1.165) is 25.1 Å². The third-order valence-electron chi connectivity index (χ3n) is 3.36. The van der Waals surface area contributed by atoms with E-state index >= 15 is 0 Å². The molecule has 0 aliphatic carbocycles. The molecule has 8 heteroatoms. The molecule has 0 saturated heterocycles. The molecule has 0 saturated carbocycles. The number of rotatable bonds is 10. The van der Waals surface area contributed by atoms with Crippen molar-refractivity contribution in [1.82, 2.24) is 5.32 Å². The number of nitriles is 1. The van der Waals surface area contributed by atoms with Crippen LogP contribution in [0.5, 0.6) is 0 Å². The van der Waals surface area contributed by atoms with Crippen LogP contribution in [0.3, 0.4) is 0 Å². The van der Waals surface area contributed by atoms with E-state index in [9.17, 15) is 18.0 Å². The molecule has 1 aromatic carbocycles. The van der Waals surface area contributed by atoms with Crippen molar-refractivity contribution in [2.45, 2.75) is 32.4 Å². The highest BCUT2D eigenvalue weighted by Crippen LogP contribution is 2.34. The summed E-state index contributed by atoms with van der Waals surface area (Å²) in [6, 6.07) is 6.50. The maximum Gasteiger partial charge on any atom is 0.418 e. The number of hydrogen-bond acceptors (Lipinski definition) is 4. The molecule has 0 bridgehead atoms. The first-order valence-corrected chi connectivity index (χ1v) is 8.29. The molecule has 0 unspecified atom stereocenters. The zero-order valence-electron chi connectivity index (χ0n) is 14.5. The number of unbranched alkanes of at least 4 members (excludes halogenated alkanes) is 1. The topological polar surface area (TPSA) is 74.1 Å². The Kier molecular flexibility index (Phi) is 9.23. The number of ether oxygens (including phenoxy) is 1. The molecule has 0 heterocycles. The van der Waals surface area contributed by atoms with E-state index < -0.39 is 17.6 Å². The predicted molar refractivity (Wildman–Crippen MR) is 92.1 cm³/mol. The summed E-state index contributed by atoms with van der Waals surface area (Å²) in [7, 11) is 0. The Hall–Kier alpha value is -2.53. The summed E-state index contributed by atoms with van der Waals surface area (Å²) in [5.41, 5.74) is -1.42. The SMILES string of the molecule is CCCCOCCCNC(=O)/C(C#N)=C\Nc1ccccc1C(F)(F)F. The van der Waals surface area contributed by atoms with Gasteiger partial charge in [0.2, 0.25) is 0 Å². The van der Waals surface area contributed by atoms with Gasteiger partial charge in [0.25, 0.3) is 5.91 Å². The van der Waals surface area contributed by atoms with E-state index in [4.69, 9.17) is 10.00 Å². The molecule has 0 spiro atoms. The summed E-state index contributed by atoms with van der Waals surface area (Å²) in [5, 5.41) is 14.0. The molecule has 0 fully saturated rings. The fourth-order valence-corrected chi connectivity index (χ4v) is 1.97. The standard InChI is InChI=1S/C18H22F3N3O2/c1-2-3-10-26-11-6-9-23-17(25)14(12-22)13-24-16-8-5-4-7-15(16)18(19,20)21/h4-5,7-8,13,24H,2-3,6,9-11H2,1H3,(H,23,25)/b14-13-. The number of anilines is 1. The lowest BCUT2D eigenvalue weighted by molar-refractivity contribution is -0.136. The second-order valence-electron chi connectivity index (χ2n) is 5.43. The Morgan fingerprint density at radius 2 is 1.96 bits per heavy atom. The molecule has 0 atom stereocenters. The number of amides is 1. The maximum atomic E-state index is 12.9. The van der Waals surface area contributed by atoms with Gasteiger partial charge in [0, 0.05) is 26.0 Å². The van der Waals surface area contributed by atoms with Gasteiger partial charge in [-0.2, -0.15) is 18.4 Å². The summed E-state index contributed by atoms with van der Waals surface area (Å²) < 4.78 is 44.1. The number of carbonyl (C=O) groups excluding carboxylic acids is 1. The number of nitrogens with one attached hydrogen (secondary N) is 2. The minimum Gasteiger partial charge on any atom is -0.381 e. The predicted octanol–water partition coefficient (Wildman–Crippen LogP) is 3.85. The Morgan fingerprint density at radius 3 is 2.62 bits per heavy atom. The Bertz CT molecular complexity index is 652. The molecule has 142 valence electrons. The van der Waals surface area contributed by atoms with E-state index in [-0.39, 0.29) is 11.3 Å². The Morgan fingerprint density at radius 1 is 1.27 bits per heavy atom. The fraction of sp³-hybridized carbons (Fsp3) is 0.444. The molecule has 26 heavy (non-hydrogen) atoms. The zero-order valence-corrected chi connectivity index (χ0v) is 14.5. The lowest BCUT2D eigenvalue weighted by atomic mass is 10.1. The van der Waals surface area contributed by atoms with Crippen LogP contribution < -0.4 is 10.6 Å². The van der Waals surface area contributed by atoms with Crippen LogP contribution in [-0.4, -0.2) is 25.7 Å². The third kappa shape index (κ3) is 7.57. The van der Waals surface area contributed by atoms with Gasteiger partial charge in [0.05, 0.1) is 11.3 Å². The van der Waals surface area contributed by atoms with Crippen molar-refractivity contribution < 1.29 is 22.7 Å². The monoisotopic (exact) mass is 369 g/mol. The van der Waals surface area contributed by atoms with Gasteiger partial charge in [-0.15, -0.1) is 0 Å². The summed E-state index contributed by atoms with van der Waals surface area (Å²) in [6.07, 6.45) is -0.975. The molecular weight excluding hydrogens is 347 g/mol. The fourth-order valence-electron chi connectivity index (χ4n) is 1.97. The van der Waals surface area contributed by atoms with Gasteiger partial charge in [-0.1, -0.05) is 25.5 Å². The lowest BCUT2D eigenvalue weighted by Gasteiger charge is -2.12. The quantitative estimate of drug-likeness (QED) is 0.373. The third-order valence-corrected chi connectivity index (χ3v) is 3.36. The highest BCUT2D eigenvalue weighted by Gasteiger charge is 2.33. The van der Waals surface area contributed by atoms with Gasteiger partial charge in [-0.05, 0) is 25.0 Å². The zero-order chi connectivity index (χ0) is 19.4. The van der Waals surface area contributed by atoms with E-state index in [1.807, 2.05) is 0 Å². The molecular formula is C18H22F3N3O2. The van der Waals surface area contributed by atoms with Crippen molar-refractivity contribution in [2.24, 2.45) is 0 Å². The smallest absolute Gasteiger partial charge is 0.381 e. The normalized spacial score (nSPS) is 11.7. The highest BCUT2D eigenvalue weighted by molar-refractivity contribution is 5.97. The molecule has 5 nitrogen and oxygen atoms in total. The number of alkyl halides is 3. The van der Waals surface area contributed by atoms with Crippen molar-refractivity contribution in [3.8, 4) is 6.07 Å². The summed E-state index contributed by atoms with van der Waals surface area (Å²) in [6.45, 7) is 3.52. The minimum absolute atomic E-state index is 0.232. The molecule has 1 rings (SSSR count). The largest absolute Gasteiger partial charge is 0.418 e. The van der Waals surface area contributed by atoms with Crippen molar-refractivity contribution >= 4 is 11.6 Å². The number of benzene rings is 1. The van der Waals surface area contributed by atoms with E-state index in [1.54, 1.807) is 6.07 Å². The first kappa shape index (κ1) is 21.5. The van der Waals surface area contributed by atoms with Crippen LogP contribution in [0.2, 0.25) is 0 Å². The summed E-state index contributed by atoms with van der Waals surface area (Å²) in [5.74, 6) is -0.655. The average molecular weight is 369 g/mol. The molecule has 0 aromatic heterocycles. The first-order chi connectivity index (χ1) is 12.4. The molecule has 1 aromatic rings. The van der Waals surface area contributed by atoms with Gasteiger partial charge in [-0.3, -0.25) is 4.79 Å². The van der Waals surface area contributed by atoms with Gasteiger partial charge >= 0.3 is 6.18 Å². The van der Waals surface area contributed by atoms with Gasteiger partial charge < -0.3 is 15.4 Å². The van der Waals surface area contributed by atoms with E-state index in [0.29, 0.717) is 26.2 Å². The molecule has 0 aliphatic rings. The van der Waals surface area contributed by atoms with Crippen LogP contribution in [-0.2, 0) is 15.7 Å². The van der Waals surface area contributed by atoms with Gasteiger partial charge in [0.15, 0.2) is 0 Å². The van der Waals surface area contributed by atoms with Crippen molar-refractivity contribution in [2.75, 3.05) is 25.1 Å². The molecule has 0 aliphatic heterocycles. The van der Waals surface area contributed by atoms with Crippen molar-refractivity contribution in [3.63, 3.8) is 0 Å². The summed E-state index contributed by atoms with van der Waals surface area (Å²) >= 11 is 0. The number of para-hydroxylation sites is 1. The average Bonchev–Trinajstić information content (AvgIpc) is 2.61. The van der Waals surface area contributed by atoms with E-state index in [1.165, 1.54) is 18.2 Å². The first-order valence-electron chi connectivity index (χ1n) is 8.29. The minimum atomic E-state index is -4.54.